The molecule has 1 aliphatic rings. The van der Waals surface area contributed by atoms with Gasteiger partial charge in [-0.25, -0.2) is 0 Å². The largest absolute Gasteiger partial charge is 0.418 e. The number of amides is 2. The fourth-order valence-corrected chi connectivity index (χ4v) is 3.17. The van der Waals surface area contributed by atoms with E-state index in [2.05, 4.69) is 10.6 Å². The van der Waals surface area contributed by atoms with Crippen molar-refractivity contribution in [2.24, 2.45) is 5.92 Å². The van der Waals surface area contributed by atoms with E-state index < -0.39 is 17.6 Å². The summed E-state index contributed by atoms with van der Waals surface area (Å²) >= 11 is 12.0. The van der Waals surface area contributed by atoms with Gasteiger partial charge >= 0.3 is 6.18 Å². The molecule has 9 heteroatoms. The van der Waals surface area contributed by atoms with Gasteiger partial charge in [-0.1, -0.05) is 35.3 Å². The van der Waals surface area contributed by atoms with E-state index in [1.807, 2.05) is 0 Å². The van der Waals surface area contributed by atoms with Crippen LogP contribution in [-0.2, 0) is 22.2 Å². The molecule has 29 heavy (non-hydrogen) atoms. The van der Waals surface area contributed by atoms with Crippen LogP contribution in [0.3, 0.4) is 0 Å². The van der Waals surface area contributed by atoms with Crippen molar-refractivity contribution in [2.45, 2.75) is 31.9 Å². The van der Waals surface area contributed by atoms with Crippen LogP contribution >= 0.6 is 23.2 Å². The quantitative estimate of drug-likeness (QED) is 0.579. The molecule has 4 nitrogen and oxygen atoms in total. The van der Waals surface area contributed by atoms with E-state index in [1.165, 1.54) is 6.07 Å². The van der Waals surface area contributed by atoms with Crippen molar-refractivity contribution in [1.82, 2.24) is 0 Å². The van der Waals surface area contributed by atoms with Crippen molar-refractivity contribution in [3.63, 3.8) is 0 Å². The van der Waals surface area contributed by atoms with Crippen LogP contribution in [0.15, 0.2) is 36.4 Å². The van der Waals surface area contributed by atoms with Gasteiger partial charge in [-0.15, -0.1) is 0 Å². The Labute approximate surface area is 175 Å². The lowest BCUT2D eigenvalue weighted by Crippen LogP contribution is -2.18. The number of alkyl halides is 3. The fourth-order valence-electron chi connectivity index (χ4n) is 2.76. The number of aryl methyl sites for hydroxylation is 1. The summed E-state index contributed by atoms with van der Waals surface area (Å²) in [5, 5.41) is 5.42. The number of carbonyl (C=O) groups is 2. The molecule has 0 aromatic heterocycles. The summed E-state index contributed by atoms with van der Waals surface area (Å²) in [6, 6.07) is 8.27. The maximum Gasteiger partial charge on any atom is 0.418 e. The van der Waals surface area contributed by atoms with Crippen molar-refractivity contribution < 1.29 is 22.8 Å². The number of nitrogens with one attached hydrogen (secondary N) is 2. The predicted molar refractivity (Wildman–Crippen MR) is 106 cm³/mol. The van der Waals surface area contributed by atoms with E-state index in [0.29, 0.717) is 15.6 Å². The molecule has 0 bridgehead atoms. The number of benzene rings is 2. The zero-order valence-electron chi connectivity index (χ0n) is 15.1. The molecule has 1 saturated carbocycles. The first-order chi connectivity index (χ1) is 13.6. The molecule has 154 valence electrons. The molecule has 0 atom stereocenters. The van der Waals surface area contributed by atoms with Crippen LogP contribution in [0.5, 0.6) is 0 Å². The number of halogens is 5. The van der Waals surface area contributed by atoms with E-state index in [0.717, 1.165) is 25.0 Å². The molecule has 2 aromatic carbocycles. The van der Waals surface area contributed by atoms with Crippen molar-refractivity contribution in [1.29, 1.82) is 0 Å². The van der Waals surface area contributed by atoms with E-state index in [4.69, 9.17) is 23.2 Å². The van der Waals surface area contributed by atoms with Gasteiger partial charge in [-0.3, -0.25) is 9.59 Å². The van der Waals surface area contributed by atoms with Crippen molar-refractivity contribution in [3.8, 4) is 0 Å². The topological polar surface area (TPSA) is 58.2 Å². The second kappa shape index (κ2) is 8.63. The highest BCUT2D eigenvalue weighted by Crippen LogP contribution is 2.37. The molecule has 0 spiro atoms. The molecule has 0 radical (unpaired) electrons. The van der Waals surface area contributed by atoms with Crippen LogP contribution in [0.25, 0.3) is 0 Å². The standard InChI is InChI=1S/C20H17Cl2F3N2O2/c21-15-3-1-2-11(18(15)22)6-9-17(28)27-16-8-7-13(10-14(16)20(23,24)25)26-19(29)12-4-5-12/h1-3,7-8,10,12H,4-6,9H2,(H,26,29)(H,27,28). The maximum atomic E-state index is 13.4. The van der Waals surface area contributed by atoms with Gasteiger partial charge in [0.05, 0.1) is 21.3 Å². The Hall–Kier alpha value is -2.25. The molecule has 0 heterocycles. The Kier molecular flexibility index (Phi) is 6.39. The smallest absolute Gasteiger partial charge is 0.326 e. The summed E-state index contributed by atoms with van der Waals surface area (Å²) < 4.78 is 40.3. The maximum absolute atomic E-state index is 13.4. The van der Waals surface area contributed by atoms with Gasteiger partial charge in [0, 0.05) is 18.0 Å². The average Bonchev–Trinajstić information content (AvgIpc) is 3.48. The van der Waals surface area contributed by atoms with E-state index in [1.54, 1.807) is 18.2 Å². The van der Waals surface area contributed by atoms with Crippen molar-refractivity contribution >= 4 is 46.4 Å². The van der Waals surface area contributed by atoms with Gasteiger partial charge in [0.2, 0.25) is 11.8 Å². The van der Waals surface area contributed by atoms with Crippen molar-refractivity contribution in [2.75, 3.05) is 10.6 Å². The molecular weight excluding hydrogens is 428 g/mol. The summed E-state index contributed by atoms with van der Waals surface area (Å²) in [5.41, 5.74) is -0.731. The molecule has 0 aliphatic heterocycles. The third-order valence-corrected chi connectivity index (χ3v) is 5.33. The van der Waals surface area contributed by atoms with E-state index >= 15 is 0 Å². The molecule has 1 aliphatic carbocycles. The number of hydrogen-bond acceptors (Lipinski definition) is 2. The van der Waals surface area contributed by atoms with E-state index in [-0.39, 0.29) is 36.0 Å². The Morgan fingerprint density at radius 1 is 1.07 bits per heavy atom. The first kappa shape index (κ1) is 21.5. The minimum atomic E-state index is -4.70. The Bertz CT molecular complexity index is 944. The minimum absolute atomic E-state index is 0.0398. The van der Waals surface area contributed by atoms with Gasteiger partial charge in [0.1, 0.15) is 0 Å². The van der Waals surface area contributed by atoms with Crippen LogP contribution in [0.2, 0.25) is 10.0 Å². The molecule has 2 N–H and O–H groups in total. The summed E-state index contributed by atoms with van der Waals surface area (Å²) in [7, 11) is 0. The Morgan fingerprint density at radius 3 is 2.45 bits per heavy atom. The van der Waals surface area contributed by atoms with Gasteiger partial charge < -0.3 is 10.6 Å². The molecule has 0 saturated heterocycles. The summed E-state index contributed by atoms with van der Waals surface area (Å²) in [6.07, 6.45) is -3.07. The van der Waals surface area contributed by atoms with Crippen LogP contribution in [0.1, 0.15) is 30.4 Å². The molecule has 0 unspecified atom stereocenters. The SMILES string of the molecule is O=C(CCc1cccc(Cl)c1Cl)Nc1ccc(NC(=O)C2CC2)cc1C(F)(F)F. The van der Waals surface area contributed by atoms with Crippen LogP contribution < -0.4 is 10.6 Å². The lowest BCUT2D eigenvalue weighted by atomic mass is 10.1. The molecule has 2 amide bonds. The Balaban J connectivity index is 1.70. The van der Waals surface area contributed by atoms with E-state index in [9.17, 15) is 22.8 Å². The molecule has 2 aromatic rings. The predicted octanol–water partition coefficient (Wildman–Crippen LogP) is 5.93. The number of rotatable bonds is 6. The normalized spacial score (nSPS) is 13.8. The van der Waals surface area contributed by atoms with Crippen LogP contribution in [0.4, 0.5) is 24.5 Å². The zero-order chi connectivity index (χ0) is 21.2. The lowest BCUT2D eigenvalue weighted by molar-refractivity contribution is -0.137. The zero-order valence-corrected chi connectivity index (χ0v) is 16.6. The molecule has 3 rings (SSSR count). The van der Waals surface area contributed by atoms with Crippen LogP contribution in [0, 0.1) is 5.92 Å². The summed E-state index contributed by atoms with van der Waals surface area (Å²) in [6.45, 7) is 0. The van der Waals surface area contributed by atoms with Gasteiger partial charge in [0.25, 0.3) is 0 Å². The highest BCUT2D eigenvalue weighted by atomic mass is 35.5. The monoisotopic (exact) mass is 444 g/mol. The van der Waals surface area contributed by atoms with Crippen LogP contribution in [-0.4, -0.2) is 11.8 Å². The molecule has 1 fully saturated rings. The lowest BCUT2D eigenvalue weighted by Gasteiger charge is -2.16. The van der Waals surface area contributed by atoms with Gasteiger partial charge in [-0.2, -0.15) is 13.2 Å². The first-order valence-corrected chi connectivity index (χ1v) is 9.65. The fraction of sp³-hybridized carbons (Fsp3) is 0.300. The summed E-state index contributed by atoms with van der Waals surface area (Å²) in [4.78, 5) is 24.0. The molecular formula is C20H17Cl2F3N2O2. The third-order valence-electron chi connectivity index (χ3n) is 4.47. The highest BCUT2D eigenvalue weighted by molar-refractivity contribution is 6.42. The summed E-state index contributed by atoms with van der Waals surface area (Å²) in [5.74, 6) is -1.03. The van der Waals surface area contributed by atoms with Crippen molar-refractivity contribution in [3.05, 3.63) is 57.6 Å². The average molecular weight is 445 g/mol. The highest BCUT2D eigenvalue weighted by Gasteiger charge is 2.35. The number of anilines is 2. The number of hydrogen-bond donors (Lipinski definition) is 2. The van der Waals surface area contributed by atoms with Gasteiger partial charge in [0.15, 0.2) is 0 Å². The van der Waals surface area contributed by atoms with Gasteiger partial charge in [-0.05, 0) is 49.1 Å². The third kappa shape index (κ3) is 5.64. The number of carbonyl (C=O) groups excluding carboxylic acids is 2. The second-order valence-electron chi connectivity index (χ2n) is 6.78. The minimum Gasteiger partial charge on any atom is -0.326 e. The first-order valence-electron chi connectivity index (χ1n) is 8.90. The second-order valence-corrected chi connectivity index (χ2v) is 7.57. The Morgan fingerprint density at radius 2 is 1.79 bits per heavy atom.